The van der Waals surface area contributed by atoms with Gasteiger partial charge in [-0.2, -0.15) is 0 Å². The van der Waals surface area contributed by atoms with Gasteiger partial charge in [-0.15, -0.1) is 0 Å². The summed E-state index contributed by atoms with van der Waals surface area (Å²) in [5.41, 5.74) is 0. The van der Waals surface area contributed by atoms with Gasteiger partial charge in [-0.1, -0.05) is 37.0 Å². The number of rotatable bonds is 8. The smallest absolute Gasteiger partial charge is 0.409 e. The fourth-order valence-corrected chi connectivity index (χ4v) is 2.07. The molecule has 7 heteroatoms. The van der Waals surface area contributed by atoms with Crippen molar-refractivity contribution in [3.8, 4) is 0 Å². The molecule has 0 unspecified atom stereocenters. The fraction of sp³-hybridized carbons (Fsp3) is 0.750. The lowest BCUT2D eigenvalue weighted by Crippen LogP contribution is -1.99. The summed E-state index contributed by atoms with van der Waals surface area (Å²) in [4.78, 5) is 0. The van der Waals surface area contributed by atoms with Crippen molar-refractivity contribution in [3.05, 3.63) is 10.8 Å². The number of phosphoric ester groups is 1. The zero-order chi connectivity index (χ0) is 11.7. The molecule has 0 radical (unpaired) electrons. The number of phosphoric acid groups is 1. The van der Waals surface area contributed by atoms with E-state index < -0.39 is 7.82 Å². The maximum atomic E-state index is 11.8. The lowest BCUT2D eigenvalue weighted by Gasteiger charge is -2.15. The highest BCUT2D eigenvalue weighted by molar-refractivity contribution is 7.48. The minimum absolute atomic E-state index is 0.143. The topological polar surface area (TPSA) is 44.8 Å². The lowest BCUT2D eigenvalue weighted by molar-refractivity contribution is 0.142. The molecule has 0 saturated carbocycles. The molecule has 0 aliphatic heterocycles. The van der Waals surface area contributed by atoms with Gasteiger partial charge in [0.2, 0.25) is 0 Å². The molecule has 0 rings (SSSR count). The van der Waals surface area contributed by atoms with Crippen LogP contribution in [0.1, 0.15) is 26.7 Å². The Morgan fingerprint density at radius 3 is 2.00 bits per heavy atom. The van der Waals surface area contributed by atoms with Crippen LogP contribution in [0.4, 0.5) is 0 Å². The van der Waals surface area contributed by atoms with Crippen LogP contribution in [0.3, 0.4) is 0 Å². The summed E-state index contributed by atoms with van der Waals surface area (Å²) in [6.07, 6.45) is 2.36. The molecule has 0 aliphatic rings. The minimum atomic E-state index is -3.55. The van der Waals surface area contributed by atoms with Gasteiger partial charge in [0.15, 0.2) is 0 Å². The Balaban J connectivity index is 4.26. The summed E-state index contributed by atoms with van der Waals surface area (Å²) < 4.78 is 26.4. The van der Waals surface area contributed by atoms with Gasteiger partial charge >= 0.3 is 7.82 Å². The van der Waals surface area contributed by atoms with Crippen LogP contribution in [0, 0.1) is 0 Å². The molecule has 4 nitrogen and oxygen atoms in total. The van der Waals surface area contributed by atoms with Gasteiger partial charge in [0.1, 0.15) is 10.8 Å². The van der Waals surface area contributed by atoms with Crippen molar-refractivity contribution in [1.82, 2.24) is 0 Å². The molecule has 0 fully saturated rings. The predicted octanol–water partition coefficient (Wildman–Crippen LogP) is 4.24. The molecule has 0 aromatic rings. The van der Waals surface area contributed by atoms with Crippen molar-refractivity contribution < 1.29 is 18.1 Å². The first-order chi connectivity index (χ1) is 7.04. The Hall–Kier alpha value is 0.270. The third kappa shape index (κ3) is 8.12. The molecule has 0 atom stereocenters. The van der Waals surface area contributed by atoms with E-state index in [1.54, 1.807) is 0 Å². The van der Waals surface area contributed by atoms with E-state index in [0.717, 1.165) is 6.26 Å². The van der Waals surface area contributed by atoms with Crippen LogP contribution in [-0.4, -0.2) is 13.2 Å². The second kappa shape index (κ2) is 8.43. The number of hydrogen-bond acceptors (Lipinski definition) is 4. The van der Waals surface area contributed by atoms with Gasteiger partial charge in [-0.25, -0.2) is 4.57 Å². The predicted molar refractivity (Wildman–Crippen MR) is 61.0 cm³/mol. The molecule has 0 aromatic heterocycles. The van der Waals surface area contributed by atoms with E-state index >= 15 is 0 Å². The summed E-state index contributed by atoms with van der Waals surface area (Å²) in [6, 6.07) is 0. The average molecular weight is 277 g/mol. The van der Waals surface area contributed by atoms with Crippen molar-refractivity contribution in [1.29, 1.82) is 0 Å². The molecule has 0 amide bonds. The van der Waals surface area contributed by atoms with E-state index in [4.69, 9.17) is 36.8 Å². The van der Waals surface area contributed by atoms with Gasteiger partial charge in [0.05, 0.1) is 13.2 Å². The van der Waals surface area contributed by atoms with Gasteiger partial charge < -0.3 is 4.52 Å². The van der Waals surface area contributed by atoms with Gasteiger partial charge in [0.25, 0.3) is 0 Å². The van der Waals surface area contributed by atoms with Crippen molar-refractivity contribution in [3.63, 3.8) is 0 Å². The summed E-state index contributed by atoms with van der Waals surface area (Å²) in [5, 5.41) is 0. The van der Waals surface area contributed by atoms with Crippen molar-refractivity contribution in [2.24, 2.45) is 0 Å². The highest BCUT2D eigenvalue weighted by Gasteiger charge is 2.26. The van der Waals surface area contributed by atoms with Crippen LogP contribution in [0.5, 0.6) is 0 Å². The van der Waals surface area contributed by atoms with Crippen LogP contribution in [0.2, 0.25) is 0 Å². The molecule has 0 aromatic carbocycles. The molecule has 0 saturated heterocycles. The Kier molecular flexibility index (Phi) is 8.58. The van der Waals surface area contributed by atoms with Gasteiger partial charge in [-0.3, -0.25) is 9.05 Å². The highest BCUT2D eigenvalue weighted by Crippen LogP contribution is 2.50. The molecular weight excluding hydrogens is 262 g/mol. The van der Waals surface area contributed by atoms with Crippen LogP contribution < -0.4 is 0 Å². The van der Waals surface area contributed by atoms with Crippen molar-refractivity contribution >= 4 is 31.0 Å². The Bertz CT molecular complexity index is 229. The van der Waals surface area contributed by atoms with E-state index in [0.29, 0.717) is 12.8 Å². The number of halogens is 2. The van der Waals surface area contributed by atoms with Crippen molar-refractivity contribution in [2.45, 2.75) is 26.7 Å². The van der Waals surface area contributed by atoms with Crippen molar-refractivity contribution in [2.75, 3.05) is 13.2 Å². The SMILES string of the molecule is CCCOP(=O)(OC=C(Cl)Cl)OCCC. The maximum absolute atomic E-state index is 11.8. The Labute approximate surface area is 100 Å². The van der Waals surface area contributed by atoms with E-state index in [9.17, 15) is 4.57 Å². The highest BCUT2D eigenvalue weighted by atomic mass is 35.5. The molecule has 0 spiro atoms. The van der Waals surface area contributed by atoms with Crippen LogP contribution in [0.25, 0.3) is 0 Å². The molecule has 0 aliphatic carbocycles. The Morgan fingerprint density at radius 2 is 1.67 bits per heavy atom. The second-order valence-electron chi connectivity index (χ2n) is 2.63. The van der Waals surface area contributed by atoms with Gasteiger partial charge in [0, 0.05) is 0 Å². The largest absolute Gasteiger partial charge is 0.529 e. The summed E-state index contributed by atoms with van der Waals surface area (Å²) in [7, 11) is -3.55. The van der Waals surface area contributed by atoms with Crippen LogP contribution in [0.15, 0.2) is 10.8 Å². The molecule has 15 heavy (non-hydrogen) atoms. The second-order valence-corrected chi connectivity index (χ2v) is 5.26. The first-order valence-corrected chi connectivity index (χ1v) is 6.84. The summed E-state index contributed by atoms with van der Waals surface area (Å²) in [5.74, 6) is 0. The molecular formula is C8H15Cl2O4P. The molecule has 0 heterocycles. The monoisotopic (exact) mass is 276 g/mol. The molecule has 0 N–H and O–H groups in total. The lowest BCUT2D eigenvalue weighted by atomic mass is 10.5. The third-order valence-electron chi connectivity index (χ3n) is 1.18. The molecule has 90 valence electrons. The maximum Gasteiger partial charge on any atom is 0.529 e. The zero-order valence-electron chi connectivity index (χ0n) is 8.74. The molecule has 0 bridgehead atoms. The quantitative estimate of drug-likeness (QED) is 0.491. The third-order valence-corrected chi connectivity index (χ3v) is 2.72. The summed E-state index contributed by atoms with van der Waals surface area (Å²) >= 11 is 10.6. The first-order valence-electron chi connectivity index (χ1n) is 4.62. The number of hydrogen-bond donors (Lipinski definition) is 0. The normalized spacial score (nSPS) is 11.2. The average Bonchev–Trinajstić information content (AvgIpc) is 2.21. The fourth-order valence-electron chi connectivity index (χ4n) is 0.609. The van der Waals surface area contributed by atoms with E-state index in [-0.39, 0.29) is 17.7 Å². The minimum Gasteiger partial charge on any atom is -0.409 e. The van der Waals surface area contributed by atoms with E-state index in [1.165, 1.54) is 0 Å². The van der Waals surface area contributed by atoms with E-state index in [1.807, 2.05) is 13.8 Å². The van der Waals surface area contributed by atoms with Gasteiger partial charge in [-0.05, 0) is 12.8 Å². The van der Waals surface area contributed by atoms with Crippen LogP contribution in [-0.2, 0) is 18.1 Å². The Morgan fingerprint density at radius 1 is 1.20 bits per heavy atom. The zero-order valence-corrected chi connectivity index (χ0v) is 11.1. The summed E-state index contributed by atoms with van der Waals surface area (Å²) in [6.45, 7) is 4.34. The standard InChI is InChI=1S/C8H15Cl2O4P/c1-3-5-12-15(11,13-6-4-2)14-7-8(9)10/h7H,3-6H2,1-2H3. The van der Waals surface area contributed by atoms with E-state index in [2.05, 4.69) is 0 Å². The first kappa shape index (κ1) is 15.3. The van der Waals surface area contributed by atoms with Crippen LogP contribution >= 0.6 is 31.0 Å².